The highest BCUT2D eigenvalue weighted by Crippen LogP contribution is 2.59. The van der Waals surface area contributed by atoms with Gasteiger partial charge >= 0.3 is 0 Å². The normalized spacial score (nSPS) is 31.3. The van der Waals surface area contributed by atoms with Crippen LogP contribution in [0.1, 0.15) is 56.6 Å². The Bertz CT molecular complexity index is 914. The van der Waals surface area contributed by atoms with Gasteiger partial charge in [0, 0.05) is 22.0 Å². The number of hydrogen-bond acceptors (Lipinski definition) is 2. The summed E-state index contributed by atoms with van der Waals surface area (Å²) in [5.41, 5.74) is 1.98. The Morgan fingerprint density at radius 1 is 1.17 bits per heavy atom. The van der Waals surface area contributed by atoms with Gasteiger partial charge in [0.1, 0.15) is 5.75 Å². The molecule has 29 heavy (non-hydrogen) atoms. The lowest BCUT2D eigenvalue weighted by Crippen LogP contribution is -2.42. The molecule has 0 radical (unpaired) electrons. The Hall–Kier alpha value is -1.71. The smallest absolute Gasteiger partial charge is 0.226 e. The molecule has 0 bridgehead atoms. The molecule has 154 valence electrons. The van der Waals surface area contributed by atoms with Gasteiger partial charge in [0.25, 0.3) is 0 Å². The molecule has 0 aromatic heterocycles. The fourth-order valence-electron chi connectivity index (χ4n) is 5.58. The molecule has 5 heteroatoms. The maximum Gasteiger partial charge on any atom is 0.226 e. The average molecular weight is 432 g/mol. The summed E-state index contributed by atoms with van der Waals surface area (Å²) >= 11 is 12.9. The molecule has 1 N–H and O–H groups in total. The highest BCUT2D eigenvalue weighted by molar-refractivity contribution is 6.31. The summed E-state index contributed by atoms with van der Waals surface area (Å²) in [7, 11) is 0. The van der Waals surface area contributed by atoms with Crippen molar-refractivity contribution >= 4 is 29.1 Å². The summed E-state index contributed by atoms with van der Waals surface area (Å²) in [4.78, 5) is 12.8. The van der Waals surface area contributed by atoms with E-state index in [0.29, 0.717) is 6.61 Å². The van der Waals surface area contributed by atoms with E-state index in [1.807, 2.05) is 31.2 Å². The summed E-state index contributed by atoms with van der Waals surface area (Å²) in [5, 5.41) is 4.65. The van der Waals surface area contributed by atoms with Gasteiger partial charge in [0.2, 0.25) is 5.91 Å². The first-order valence-corrected chi connectivity index (χ1v) is 11.1. The SMILES string of the molecule is CCOc1ccc([C@@H]2CC[C@@]3(C)C(=O)N[C@H](C)[C@H]3[C@H]2c2ccc(Cl)cc2)c(Cl)c1. The molecule has 0 unspecified atom stereocenters. The first-order valence-electron chi connectivity index (χ1n) is 10.3. The molecule has 2 aromatic carbocycles. The third kappa shape index (κ3) is 3.53. The lowest BCUT2D eigenvalue weighted by molar-refractivity contribution is -0.129. The summed E-state index contributed by atoms with van der Waals surface area (Å²) in [5.74, 6) is 1.56. The quantitative estimate of drug-likeness (QED) is 0.625. The molecule has 2 aromatic rings. The maximum atomic E-state index is 12.8. The Kier molecular flexibility index (Phi) is 5.56. The van der Waals surface area contributed by atoms with Crippen LogP contribution in [0.4, 0.5) is 0 Å². The van der Waals surface area contributed by atoms with Crippen LogP contribution in [-0.2, 0) is 4.79 Å². The van der Waals surface area contributed by atoms with Crippen molar-refractivity contribution in [2.45, 2.75) is 51.5 Å². The van der Waals surface area contributed by atoms with Crippen LogP contribution >= 0.6 is 23.2 Å². The Balaban J connectivity index is 1.80. The van der Waals surface area contributed by atoms with Crippen molar-refractivity contribution in [3.8, 4) is 5.75 Å². The van der Waals surface area contributed by atoms with E-state index in [1.165, 1.54) is 5.56 Å². The van der Waals surface area contributed by atoms with E-state index in [1.54, 1.807) is 0 Å². The van der Waals surface area contributed by atoms with Crippen LogP contribution in [-0.4, -0.2) is 18.6 Å². The van der Waals surface area contributed by atoms with Crippen LogP contribution < -0.4 is 10.1 Å². The van der Waals surface area contributed by atoms with Gasteiger partial charge in [0.05, 0.1) is 12.0 Å². The fraction of sp³-hybridized carbons (Fsp3) is 0.458. The lowest BCUT2D eigenvalue weighted by atomic mass is 9.56. The number of hydrogen-bond donors (Lipinski definition) is 1. The van der Waals surface area contributed by atoms with Crippen LogP contribution in [0.2, 0.25) is 10.0 Å². The van der Waals surface area contributed by atoms with E-state index in [4.69, 9.17) is 27.9 Å². The molecule has 1 aliphatic heterocycles. The monoisotopic (exact) mass is 431 g/mol. The average Bonchev–Trinajstić information content (AvgIpc) is 2.91. The van der Waals surface area contributed by atoms with Crippen LogP contribution in [0.25, 0.3) is 0 Å². The molecule has 5 atom stereocenters. The number of nitrogens with one attached hydrogen (secondary N) is 1. The molecular weight excluding hydrogens is 405 g/mol. The number of fused-ring (bicyclic) bond motifs is 1. The minimum absolute atomic E-state index is 0.109. The third-order valence-electron chi connectivity index (χ3n) is 6.88. The molecule has 0 spiro atoms. The molecule has 3 nitrogen and oxygen atoms in total. The number of ether oxygens (including phenoxy) is 1. The van der Waals surface area contributed by atoms with Crippen molar-refractivity contribution in [1.82, 2.24) is 5.32 Å². The molecule has 2 fully saturated rings. The fourth-order valence-corrected chi connectivity index (χ4v) is 6.01. The Morgan fingerprint density at radius 2 is 1.90 bits per heavy atom. The molecule has 2 aliphatic rings. The zero-order chi connectivity index (χ0) is 20.8. The zero-order valence-electron chi connectivity index (χ0n) is 17.0. The predicted octanol–water partition coefficient (Wildman–Crippen LogP) is 6.19. The van der Waals surface area contributed by atoms with Crippen LogP contribution in [0, 0.1) is 11.3 Å². The second-order valence-corrected chi connectivity index (χ2v) is 9.39. The second-order valence-electron chi connectivity index (χ2n) is 8.54. The van der Waals surface area contributed by atoms with Crippen LogP contribution in [0.15, 0.2) is 42.5 Å². The van der Waals surface area contributed by atoms with Gasteiger partial charge in [-0.2, -0.15) is 0 Å². The van der Waals surface area contributed by atoms with Crippen molar-refractivity contribution in [2.75, 3.05) is 6.61 Å². The van der Waals surface area contributed by atoms with Crippen molar-refractivity contribution in [3.63, 3.8) is 0 Å². The summed E-state index contributed by atoms with van der Waals surface area (Å²) < 4.78 is 5.62. The molecule has 1 aliphatic carbocycles. The Morgan fingerprint density at radius 3 is 2.55 bits per heavy atom. The molecule has 1 saturated heterocycles. The van der Waals surface area contributed by atoms with Gasteiger partial charge in [-0.1, -0.05) is 48.3 Å². The van der Waals surface area contributed by atoms with Gasteiger partial charge in [-0.25, -0.2) is 0 Å². The van der Waals surface area contributed by atoms with E-state index in [2.05, 4.69) is 37.4 Å². The van der Waals surface area contributed by atoms with Gasteiger partial charge < -0.3 is 10.1 Å². The highest BCUT2D eigenvalue weighted by atomic mass is 35.5. The number of benzene rings is 2. The molecule has 1 heterocycles. The van der Waals surface area contributed by atoms with Crippen molar-refractivity contribution in [2.24, 2.45) is 11.3 Å². The van der Waals surface area contributed by atoms with Crippen LogP contribution in [0.3, 0.4) is 0 Å². The molecular formula is C24H27Cl2NO2. The first kappa shape index (κ1) is 20.6. The number of rotatable bonds is 4. The van der Waals surface area contributed by atoms with Gasteiger partial charge in [-0.05, 0) is 73.9 Å². The lowest BCUT2D eigenvalue weighted by Gasteiger charge is -2.46. The van der Waals surface area contributed by atoms with Crippen LogP contribution in [0.5, 0.6) is 5.75 Å². The first-order chi connectivity index (χ1) is 13.8. The molecule has 4 rings (SSSR count). The zero-order valence-corrected chi connectivity index (χ0v) is 18.6. The maximum absolute atomic E-state index is 12.8. The molecule has 1 saturated carbocycles. The minimum atomic E-state index is -0.363. The topological polar surface area (TPSA) is 38.3 Å². The standard InChI is InChI=1S/C24H27Cl2NO2/c1-4-29-17-9-10-18(20(26)13-17)19-11-12-24(3)22(14(2)27-23(24)28)21(19)15-5-7-16(25)8-6-15/h5-10,13-14,19,21-22H,4,11-12H2,1-3H3,(H,27,28)/t14-,19+,21+,22+,24-/m1/s1. The van der Waals surface area contributed by atoms with Gasteiger partial charge in [0.15, 0.2) is 0 Å². The number of carbonyl (C=O) groups is 1. The largest absolute Gasteiger partial charge is 0.494 e. The highest BCUT2D eigenvalue weighted by Gasteiger charge is 2.57. The second kappa shape index (κ2) is 7.85. The Labute approximate surface area is 182 Å². The third-order valence-corrected chi connectivity index (χ3v) is 7.46. The summed E-state index contributed by atoms with van der Waals surface area (Å²) in [6, 6.07) is 14.2. The van der Waals surface area contributed by atoms with Crippen molar-refractivity contribution < 1.29 is 9.53 Å². The van der Waals surface area contributed by atoms with Gasteiger partial charge in [-0.15, -0.1) is 0 Å². The summed E-state index contributed by atoms with van der Waals surface area (Å²) in [6.07, 6.45) is 1.76. The number of halogens is 2. The van der Waals surface area contributed by atoms with Gasteiger partial charge in [-0.3, -0.25) is 4.79 Å². The van der Waals surface area contributed by atoms with E-state index in [0.717, 1.165) is 34.2 Å². The molecule has 1 amide bonds. The van der Waals surface area contributed by atoms with E-state index >= 15 is 0 Å². The van der Waals surface area contributed by atoms with E-state index in [9.17, 15) is 4.79 Å². The van der Waals surface area contributed by atoms with E-state index < -0.39 is 0 Å². The predicted molar refractivity (Wildman–Crippen MR) is 118 cm³/mol. The van der Waals surface area contributed by atoms with E-state index in [-0.39, 0.29) is 35.1 Å². The number of amides is 1. The summed E-state index contributed by atoms with van der Waals surface area (Å²) in [6.45, 7) is 6.82. The van der Waals surface area contributed by atoms with Crippen molar-refractivity contribution in [1.29, 1.82) is 0 Å². The van der Waals surface area contributed by atoms with Crippen molar-refractivity contribution in [3.05, 3.63) is 63.6 Å². The number of carbonyl (C=O) groups excluding carboxylic acids is 1. The minimum Gasteiger partial charge on any atom is -0.494 e.